The zero-order valence-corrected chi connectivity index (χ0v) is 17.8. The van der Waals surface area contributed by atoms with Crippen molar-refractivity contribution in [3.8, 4) is 21.1 Å². The second kappa shape index (κ2) is 7.43. The highest BCUT2D eigenvalue weighted by Gasteiger charge is 2.21. The molecule has 0 fully saturated rings. The number of benzene rings is 1. The molecule has 0 aliphatic carbocycles. The largest absolute Gasteiger partial charge is 0.296 e. The van der Waals surface area contributed by atoms with Gasteiger partial charge in [0.2, 0.25) is 5.13 Å². The molecular formula is C21H16N6OS2. The molecule has 0 aliphatic rings. The molecule has 148 valence electrons. The predicted octanol–water partition coefficient (Wildman–Crippen LogP) is 4.78. The maximum absolute atomic E-state index is 13.2. The number of hydrogen-bond donors (Lipinski definition) is 1. The number of aryl methyl sites for hydroxylation is 2. The lowest BCUT2D eigenvalue weighted by Crippen LogP contribution is -2.13. The Morgan fingerprint density at radius 3 is 2.70 bits per heavy atom. The lowest BCUT2D eigenvalue weighted by atomic mass is 10.1. The molecule has 7 nitrogen and oxygen atoms in total. The minimum Gasteiger partial charge on any atom is -0.296 e. The van der Waals surface area contributed by atoms with Crippen LogP contribution in [0.5, 0.6) is 0 Å². The number of carbonyl (C=O) groups excluding carboxylic acids is 1. The molecule has 5 rings (SSSR count). The first-order valence-electron chi connectivity index (χ1n) is 9.18. The summed E-state index contributed by atoms with van der Waals surface area (Å²) in [5.41, 5.74) is 3.65. The van der Waals surface area contributed by atoms with E-state index in [1.165, 1.54) is 11.3 Å². The van der Waals surface area contributed by atoms with Crippen molar-refractivity contribution in [2.45, 2.75) is 6.92 Å². The third-order valence-corrected chi connectivity index (χ3v) is 6.43. The van der Waals surface area contributed by atoms with Gasteiger partial charge in [0, 0.05) is 12.6 Å². The van der Waals surface area contributed by atoms with Crippen LogP contribution < -0.4 is 5.32 Å². The Kier molecular flexibility index (Phi) is 4.61. The van der Waals surface area contributed by atoms with Gasteiger partial charge >= 0.3 is 0 Å². The number of rotatable bonds is 4. The van der Waals surface area contributed by atoms with Gasteiger partial charge in [0.1, 0.15) is 5.01 Å². The summed E-state index contributed by atoms with van der Waals surface area (Å²) >= 11 is 2.92. The molecular weight excluding hydrogens is 416 g/mol. The molecule has 9 heteroatoms. The second-order valence-corrected chi connectivity index (χ2v) is 8.60. The van der Waals surface area contributed by atoms with Gasteiger partial charge in [-0.25, -0.2) is 4.98 Å². The van der Waals surface area contributed by atoms with Gasteiger partial charge in [0.15, 0.2) is 5.65 Å². The maximum atomic E-state index is 13.2. The SMILES string of the molecule is Cc1nn(C)c2nc(-c3cccs3)cc(C(=O)Nc3nnc(-c4ccccc4)s3)c12. The summed E-state index contributed by atoms with van der Waals surface area (Å²) in [7, 11) is 1.83. The van der Waals surface area contributed by atoms with Gasteiger partial charge in [-0.3, -0.25) is 14.8 Å². The fourth-order valence-electron chi connectivity index (χ4n) is 3.31. The Morgan fingerprint density at radius 1 is 1.10 bits per heavy atom. The van der Waals surface area contributed by atoms with Crippen molar-refractivity contribution in [1.82, 2.24) is 25.0 Å². The Balaban J connectivity index is 1.54. The quantitative estimate of drug-likeness (QED) is 0.442. The van der Waals surface area contributed by atoms with Crippen molar-refractivity contribution in [1.29, 1.82) is 0 Å². The number of pyridine rings is 1. The number of aromatic nitrogens is 5. The molecule has 0 aliphatic heterocycles. The highest BCUT2D eigenvalue weighted by Crippen LogP contribution is 2.31. The average molecular weight is 433 g/mol. The van der Waals surface area contributed by atoms with Gasteiger partial charge in [-0.05, 0) is 24.4 Å². The number of nitrogens with zero attached hydrogens (tertiary/aromatic N) is 5. The van der Waals surface area contributed by atoms with E-state index in [1.54, 1.807) is 16.0 Å². The van der Waals surface area contributed by atoms with Crippen molar-refractivity contribution in [3.05, 3.63) is 65.2 Å². The first kappa shape index (κ1) is 18.6. The fraction of sp³-hybridized carbons (Fsp3) is 0.0952. The van der Waals surface area contributed by atoms with E-state index in [2.05, 4.69) is 20.6 Å². The lowest BCUT2D eigenvalue weighted by molar-refractivity contribution is 0.102. The van der Waals surface area contributed by atoms with Crippen molar-refractivity contribution >= 4 is 44.7 Å². The number of amides is 1. The smallest absolute Gasteiger partial charge is 0.258 e. The molecule has 1 N–H and O–H groups in total. The van der Waals surface area contributed by atoms with E-state index in [1.807, 2.05) is 67.9 Å². The van der Waals surface area contributed by atoms with Crippen LogP contribution in [0.4, 0.5) is 5.13 Å². The molecule has 4 aromatic heterocycles. The first-order valence-corrected chi connectivity index (χ1v) is 10.9. The second-order valence-electron chi connectivity index (χ2n) is 6.67. The molecule has 0 radical (unpaired) electrons. The van der Waals surface area contributed by atoms with E-state index < -0.39 is 0 Å². The van der Waals surface area contributed by atoms with Crippen LogP contribution >= 0.6 is 22.7 Å². The summed E-state index contributed by atoms with van der Waals surface area (Å²) in [5.74, 6) is -0.257. The topological polar surface area (TPSA) is 85.6 Å². The van der Waals surface area contributed by atoms with Crippen LogP contribution in [-0.2, 0) is 7.05 Å². The van der Waals surface area contributed by atoms with E-state index in [-0.39, 0.29) is 5.91 Å². The minimum atomic E-state index is -0.257. The van der Waals surface area contributed by atoms with Crippen molar-refractivity contribution in [2.75, 3.05) is 5.32 Å². The summed E-state index contributed by atoms with van der Waals surface area (Å²) in [4.78, 5) is 19.0. The van der Waals surface area contributed by atoms with E-state index in [0.717, 1.165) is 32.2 Å². The Bertz CT molecular complexity index is 1360. The summed E-state index contributed by atoms with van der Waals surface area (Å²) in [6, 6.07) is 15.5. The molecule has 0 atom stereocenters. The highest BCUT2D eigenvalue weighted by atomic mass is 32.1. The van der Waals surface area contributed by atoms with Gasteiger partial charge < -0.3 is 0 Å². The van der Waals surface area contributed by atoms with E-state index >= 15 is 0 Å². The van der Waals surface area contributed by atoms with Gasteiger partial charge in [0.05, 0.1) is 27.2 Å². The predicted molar refractivity (Wildman–Crippen MR) is 120 cm³/mol. The van der Waals surface area contributed by atoms with Crippen molar-refractivity contribution in [3.63, 3.8) is 0 Å². The minimum absolute atomic E-state index is 0.257. The molecule has 4 heterocycles. The molecule has 30 heavy (non-hydrogen) atoms. The molecule has 1 aromatic carbocycles. The molecule has 0 unspecified atom stereocenters. The maximum Gasteiger partial charge on any atom is 0.258 e. The number of anilines is 1. The van der Waals surface area contributed by atoms with Crippen LogP contribution in [0.25, 0.3) is 32.2 Å². The number of carbonyl (C=O) groups is 1. The number of thiophene rings is 1. The third kappa shape index (κ3) is 3.27. The van der Waals surface area contributed by atoms with Crippen LogP contribution in [0.1, 0.15) is 16.1 Å². The normalized spacial score (nSPS) is 11.1. The van der Waals surface area contributed by atoms with Gasteiger partial charge in [0.25, 0.3) is 5.91 Å². The van der Waals surface area contributed by atoms with E-state index in [9.17, 15) is 4.79 Å². The van der Waals surface area contributed by atoms with Crippen LogP contribution in [0, 0.1) is 6.92 Å². The molecule has 5 aromatic rings. The fourth-order valence-corrected chi connectivity index (χ4v) is 4.74. The molecule has 0 saturated heterocycles. The van der Waals surface area contributed by atoms with Gasteiger partial charge in [-0.1, -0.05) is 47.7 Å². The zero-order valence-electron chi connectivity index (χ0n) is 16.2. The van der Waals surface area contributed by atoms with Crippen LogP contribution in [0.15, 0.2) is 53.9 Å². The summed E-state index contributed by atoms with van der Waals surface area (Å²) in [5, 5.41) is 19.6. The lowest BCUT2D eigenvalue weighted by Gasteiger charge is -2.07. The van der Waals surface area contributed by atoms with Crippen LogP contribution in [-0.4, -0.2) is 30.9 Å². The van der Waals surface area contributed by atoms with Crippen LogP contribution in [0.2, 0.25) is 0 Å². The van der Waals surface area contributed by atoms with Crippen molar-refractivity contribution in [2.24, 2.45) is 7.05 Å². The third-order valence-electron chi connectivity index (χ3n) is 4.65. The summed E-state index contributed by atoms with van der Waals surface area (Å²) in [6.07, 6.45) is 0. The summed E-state index contributed by atoms with van der Waals surface area (Å²) < 4.78 is 1.71. The van der Waals surface area contributed by atoms with Crippen molar-refractivity contribution < 1.29 is 4.79 Å². The van der Waals surface area contributed by atoms with E-state index in [4.69, 9.17) is 4.98 Å². The van der Waals surface area contributed by atoms with Crippen LogP contribution in [0.3, 0.4) is 0 Å². The molecule has 0 spiro atoms. The summed E-state index contributed by atoms with van der Waals surface area (Å²) in [6.45, 7) is 1.88. The molecule has 1 amide bonds. The number of nitrogens with one attached hydrogen (secondary N) is 1. The Morgan fingerprint density at radius 2 is 1.93 bits per heavy atom. The molecule has 0 bridgehead atoms. The number of fused-ring (bicyclic) bond motifs is 1. The first-order chi connectivity index (χ1) is 14.6. The van der Waals surface area contributed by atoms with Gasteiger partial charge in [-0.15, -0.1) is 21.5 Å². The highest BCUT2D eigenvalue weighted by molar-refractivity contribution is 7.18. The Hall–Kier alpha value is -3.43. The Labute approximate surface area is 180 Å². The number of hydrogen-bond acceptors (Lipinski definition) is 7. The van der Waals surface area contributed by atoms with Gasteiger partial charge in [-0.2, -0.15) is 5.10 Å². The van der Waals surface area contributed by atoms with E-state index in [0.29, 0.717) is 16.3 Å². The monoisotopic (exact) mass is 432 g/mol. The average Bonchev–Trinajstić information content (AvgIpc) is 3.50. The zero-order chi connectivity index (χ0) is 20.7. The molecule has 0 saturated carbocycles. The standard InChI is InChI=1S/C21H16N6OS2/c1-12-17-14(11-15(16-9-6-10-29-16)22-18(17)27(2)26-12)19(28)23-21-25-24-20(30-21)13-7-4-3-5-8-13/h3-11H,1-2H3,(H,23,25,28).